The molecule has 0 aliphatic rings. The molecule has 1 amide bonds. The van der Waals surface area contributed by atoms with Gasteiger partial charge in [-0.3, -0.25) is 9.59 Å². The molecule has 0 spiro atoms. The van der Waals surface area contributed by atoms with Crippen LogP contribution in [0.3, 0.4) is 0 Å². The number of carbonyl (C=O) groups excluding carboxylic acids is 2. The maximum Gasteiger partial charge on any atom is 0.262 e. The summed E-state index contributed by atoms with van der Waals surface area (Å²) in [5.41, 5.74) is 3.38. The zero-order chi connectivity index (χ0) is 16.1. The van der Waals surface area contributed by atoms with Gasteiger partial charge in [-0.15, -0.1) is 0 Å². The fourth-order valence-corrected chi connectivity index (χ4v) is 2.27. The van der Waals surface area contributed by atoms with Crippen LogP contribution in [0.25, 0.3) is 0 Å². The number of carbonyl (C=O) groups is 2. The lowest BCUT2D eigenvalue weighted by molar-refractivity contribution is -0.118. The molecule has 0 aliphatic heterocycles. The summed E-state index contributed by atoms with van der Waals surface area (Å²) < 4.78 is 5.46. The summed E-state index contributed by atoms with van der Waals surface area (Å²) >= 11 is 0. The molecule has 0 saturated carbocycles. The lowest BCUT2D eigenvalue weighted by atomic mass is 10.1. The Hall–Kier alpha value is -2.62. The van der Waals surface area contributed by atoms with Crippen LogP contribution in [-0.4, -0.2) is 18.3 Å². The number of aryl methyl sites for hydroxylation is 2. The van der Waals surface area contributed by atoms with E-state index in [4.69, 9.17) is 4.74 Å². The van der Waals surface area contributed by atoms with Crippen molar-refractivity contribution in [1.82, 2.24) is 0 Å². The normalized spacial score (nSPS) is 10.1. The van der Waals surface area contributed by atoms with Crippen LogP contribution in [-0.2, 0) is 4.79 Å². The number of anilines is 1. The maximum atomic E-state index is 12.0. The van der Waals surface area contributed by atoms with Crippen molar-refractivity contribution in [3.05, 3.63) is 59.2 Å². The number of hydrogen-bond acceptors (Lipinski definition) is 3. The van der Waals surface area contributed by atoms with Crippen molar-refractivity contribution in [2.24, 2.45) is 0 Å². The van der Waals surface area contributed by atoms with Gasteiger partial charge < -0.3 is 10.1 Å². The standard InChI is InChI=1S/C18H19NO3/c1-12-8-13(2)10-15(9-12)19-18(21)11-22-17-7-5-4-6-16(17)14(3)20/h4-10H,11H2,1-3H3,(H,19,21). The van der Waals surface area contributed by atoms with E-state index in [9.17, 15) is 9.59 Å². The van der Waals surface area contributed by atoms with Crippen LogP contribution < -0.4 is 10.1 Å². The van der Waals surface area contributed by atoms with Crippen LogP contribution in [0, 0.1) is 13.8 Å². The van der Waals surface area contributed by atoms with Crippen LogP contribution in [0.5, 0.6) is 5.75 Å². The van der Waals surface area contributed by atoms with E-state index in [1.165, 1.54) is 6.92 Å². The van der Waals surface area contributed by atoms with Gasteiger partial charge in [0.05, 0.1) is 5.56 Å². The average Bonchev–Trinajstić information content (AvgIpc) is 2.44. The number of hydrogen-bond donors (Lipinski definition) is 1. The number of amides is 1. The largest absolute Gasteiger partial charge is 0.483 e. The number of nitrogens with one attached hydrogen (secondary N) is 1. The molecule has 0 bridgehead atoms. The molecule has 0 heterocycles. The monoisotopic (exact) mass is 297 g/mol. The minimum Gasteiger partial charge on any atom is -0.483 e. The van der Waals surface area contributed by atoms with Gasteiger partial charge in [0.1, 0.15) is 5.75 Å². The summed E-state index contributed by atoms with van der Waals surface area (Å²) in [5, 5.41) is 2.79. The minimum atomic E-state index is -0.261. The number of para-hydroxylation sites is 1. The lowest BCUT2D eigenvalue weighted by Gasteiger charge is -2.11. The number of Topliss-reactive ketones (excluding diaryl/α,β-unsaturated/α-hetero) is 1. The Balaban J connectivity index is 2.00. The number of benzene rings is 2. The Kier molecular flexibility index (Phi) is 4.94. The van der Waals surface area contributed by atoms with E-state index in [0.29, 0.717) is 11.3 Å². The van der Waals surface area contributed by atoms with Crippen LogP contribution in [0.15, 0.2) is 42.5 Å². The van der Waals surface area contributed by atoms with Gasteiger partial charge in [0.15, 0.2) is 12.4 Å². The van der Waals surface area contributed by atoms with Gasteiger partial charge in [-0.25, -0.2) is 0 Å². The molecule has 2 rings (SSSR count). The van der Waals surface area contributed by atoms with Crippen molar-refractivity contribution in [1.29, 1.82) is 0 Å². The fourth-order valence-electron chi connectivity index (χ4n) is 2.27. The second-order valence-electron chi connectivity index (χ2n) is 5.27. The summed E-state index contributed by atoms with van der Waals surface area (Å²) in [4.78, 5) is 23.5. The second-order valence-corrected chi connectivity index (χ2v) is 5.27. The van der Waals surface area contributed by atoms with Gasteiger partial charge in [0, 0.05) is 5.69 Å². The highest BCUT2D eigenvalue weighted by molar-refractivity contribution is 5.97. The molecule has 0 atom stereocenters. The molecule has 0 unspecified atom stereocenters. The van der Waals surface area contributed by atoms with Gasteiger partial charge in [0.25, 0.3) is 5.91 Å². The van der Waals surface area contributed by atoms with Gasteiger partial charge in [-0.1, -0.05) is 18.2 Å². The summed E-state index contributed by atoms with van der Waals surface area (Å²) in [6.07, 6.45) is 0. The van der Waals surface area contributed by atoms with Crippen molar-refractivity contribution in [3.63, 3.8) is 0 Å². The average molecular weight is 297 g/mol. The summed E-state index contributed by atoms with van der Waals surface area (Å²) in [7, 11) is 0. The molecule has 0 fully saturated rings. The van der Waals surface area contributed by atoms with E-state index in [2.05, 4.69) is 5.32 Å². The van der Waals surface area contributed by atoms with E-state index in [0.717, 1.165) is 16.8 Å². The van der Waals surface area contributed by atoms with Gasteiger partial charge in [-0.05, 0) is 56.2 Å². The molecule has 22 heavy (non-hydrogen) atoms. The Morgan fingerprint density at radius 3 is 2.32 bits per heavy atom. The molecular formula is C18H19NO3. The molecule has 4 heteroatoms. The van der Waals surface area contributed by atoms with Crippen molar-refractivity contribution < 1.29 is 14.3 Å². The first kappa shape index (κ1) is 15.8. The van der Waals surface area contributed by atoms with E-state index >= 15 is 0 Å². The summed E-state index contributed by atoms with van der Waals surface area (Å²) in [6.45, 7) is 5.28. The third-order valence-corrected chi connectivity index (χ3v) is 3.13. The fraction of sp³-hybridized carbons (Fsp3) is 0.222. The predicted octanol–water partition coefficient (Wildman–Crippen LogP) is 3.52. The van der Waals surface area contributed by atoms with Crippen molar-refractivity contribution in [2.45, 2.75) is 20.8 Å². The molecule has 0 aromatic heterocycles. The maximum absolute atomic E-state index is 12.0. The number of ketones is 1. The van der Waals surface area contributed by atoms with Gasteiger partial charge in [-0.2, -0.15) is 0 Å². The van der Waals surface area contributed by atoms with Gasteiger partial charge >= 0.3 is 0 Å². The predicted molar refractivity (Wildman–Crippen MR) is 86.5 cm³/mol. The van der Waals surface area contributed by atoms with E-state index in [1.807, 2.05) is 32.0 Å². The first-order valence-electron chi connectivity index (χ1n) is 7.06. The third kappa shape index (κ3) is 4.19. The van der Waals surface area contributed by atoms with E-state index < -0.39 is 0 Å². The Morgan fingerprint density at radius 1 is 1.05 bits per heavy atom. The third-order valence-electron chi connectivity index (χ3n) is 3.13. The molecule has 0 saturated heterocycles. The highest BCUT2D eigenvalue weighted by atomic mass is 16.5. The van der Waals surface area contributed by atoms with E-state index in [-0.39, 0.29) is 18.3 Å². The molecular weight excluding hydrogens is 278 g/mol. The van der Waals surface area contributed by atoms with Crippen LogP contribution in [0.1, 0.15) is 28.4 Å². The highest BCUT2D eigenvalue weighted by Crippen LogP contribution is 2.18. The quantitative estimate of drug-likeness (QED) is 0.859. The van der Waals surface area contributed by atoms with Crippen molar-refractivity contribution in [3.8, 4) is 5.75 Å². The molecule has 0 radical (unpaired) electrons. The Morgan fingerprint density at radius 2 is 1.68 bits per heavy atom. The molecule has 0 aliphatic carbocycles. The first-order valence-corrected chi connectivity index (χ1v) is 7.06. The summed E-state index contributed by atoms with van der Waals surface area (Å²) in [6, 6.07) is 12.7. The summed E-state index contributed by atoms with van der Waals surface area (Å²) in [5.74, 6) is 0.0687. The van der Waals surface area contributed by atoms with Crippen LogP contribution in [0.2, 0.25) is 0 Å². The Bertz CT molecular complexity index is 687. The van der Waals surface area contributed by atoms with Crippen LogP contribution >= 0.6 is 0 Å². The first-order chi connectivity index (χ1) is 10.5. The highest BCUT2D eigenvalue weighted by Gasteiger charge is 2.10. The lowest BCUT2D eigenvalue weighted by Crippen LogP contribution is -2.20. The topological polar surface area (TPSA) is 55.4 Å². The molecule has 114 valence electrons. The second kappa shape index (κ2) is 6.89. The van der Waals surface area contributed by atoms with E-state index in [1.54, 1.807) is 24.3 Å². The van der Waals surface area contributed by atoms with Crippen LogP contribution in [0.4, 0.5) is 5.69 Å². The molecule has 2 aromatic rings. The molecule has 2 aromatic carbocycles. The smallest absolute Gasteiger partial charge is 0.262 e. The van der Waals surface area contributed by atoms with Gasteiger partial charge in [0.2, 0.25) is 0 Å². The van der Waals surface area contributed by atoms with Crippen molar-refractivity contribution >= 4 is 17.4 Å². The zero-order valence-corrected chi connectivity index (χ0v) is 13.0. The van der Waals surface area contributed by atoms with Crippen molar-refractivity contribution in [2.75, 3.05) is 11.9 Å². The molecule has 4 nitrogen and oxygen atoms in total. The molecule has 1 N–H and O–H groups in total. The SMILES string of the molecule is CC(=O)c1ccccc1OCC(=O)Nc1cc(C)cc(C)c1. The Labute approximate surface area is 130 Å². The minimum absolute atomic E-state index is 0.0923. The number of ether oxygens (including phenoxy) is 1. The number of rotatable bonds is 5. The zero-order valence-electron chi connectivity index (χ0n) is 13.0.